The number of fused-ring (bicyclic) bond motifs is 3. The third kappa shape index (κ3) is 4.98. The summed E-state index contributed by atoms with van der Waals surface area (Å²) in [4.78, 5) is 24.8. The number of esters is 1. The number of ketones is 1. The van der Waals surface area contributed by atoms with E-state index in [1.54, 1.807) is 0 Å². The van der Waals surface area contributed by atoms with Crippen molar-refractivity contribution in [2.24, 2.45) is 5.41 Å². The van der Waals surface area contributed by atoms with Crippen molar-refractivity contribution in [3.8, 4) is 11.1 Å². The Kier molecular flexibility index (Phi) is 7.47. The van der Waals surface area contributed by atoms with Crippen molar-refractivity contribution in [2.75, 3.05) is 6.61 Å². The van der Waals surface area contributed by atoms with Crippen LogP contribution in [0.25, 0.3) is 11.1 Å². The number of benzene rings is 2. The summed E-state index contributed by atoms with van der Waals surface area (Å²) in [6, 6.07) is 12.8. The van der Waals surface area contributed by atoms with Gasteiger partial charge in [-0.2, -0.15) is 0 Å². The molecule has 3 nitrogen and oxygen atoms in total. The van der Waals surface area contributed by atoms with Gasteiger partial charge in [0.1, 0.15) is 0 Å². The number of rotatable bonds is 9. The van der Waals surface area contributed by atoms with Crippen LogP contribution in [0, 0.1) is 5.41 Å². The zero-order chi connectivity index (χ0) is 22.8. The summed E-state index contributed by atoms with van der Waals surface area (Å²) in [5, 5.41) is 0. The van der Waals surface area contributed by atoms with E-state index in [2.05, 4.69) is 82.1 Å². The summed E-state index contributed by atoms with van der Waals surface area (Å²) in [6.07, 6.45) is 4.13. The van der Waals surface area contributed by atoms with Crippen LogP contribution in [0.5, 0.6) is 0 Å². The first kappa shape index (κ1) is 24.2. The zero-order valence-corrected chi connectivity index (χ0v) is 21.9. The number of carbonyl (C=O) groups excluding carboxylic acids is 2. The average molecular weight is 550 g/mol. The molecular weight excluding hydrogens is 520 g/mol. The molecule has 0 radical (unpaired) electrons. The first-order valence-corrected chi connectivity index (χ1v) is 12.5. The predicted molar refractivity (Wildman–Crippen MR) is 132 cm³/mol. The molecule has 0 N–H and O–H groups in total. The van der Waals surface area contributed by atoms with Gasteiger partial charge in [-0.1, -0.05) is 84.5 Å². The molecule has 0 unspecified atom stereocenters. The highest BCUT2D eigenvalue weighted by Gasteiger charge is 2.39. The molecule has 0 bridgehead atoms. The SMILES string of the molecule is CCCCC(C)(C)C(=O)C(=O)OCCCC1(C)c2cc(Br)ccc2-c2ccc(Br)cc21. The van der Waals surface area contributed by atoms with Crippen LogP contribution >= 0.6 is 31.9 Å². The van der Waals surface area contributed by atoms with Gasteiger partial charge in [-0.25, -0.2) is 4.79 Å². The van der Waals surface area contributed by atoms with E-state index < -0.39 is 17.2 Å². The maximum absolute atomic E-state index is 12.5. The number of carbonyl (C=O) groups is 2. The molecule has 31 heavy (non-hydrogen) atoms. The van der Waals surface area contributed by atoms with E-state index in [4.69, 9.17) is 4.74 Å². The Bertz CT molecular complexity index is 943. The van der Waals surface area contributed by atoms with Crippen LogP contribution in [0.15, 0.2) is 45.3 Å². The molecule has 0 spiro atoms. The van der Waals surface area contributed by atoms with Crippen molar-refractivity contribution in [2.45, 2.75) is 65.2 Å². The Morgan fingerprint density at radius 2 is 1.52 bits per heavy atom. The second-order valence-electron chi connectivity index (χ2n) is 9.27. The van der Waals surface area contributed by atoms with Gasteiger partial charge >= 0.3 is 5.97 Å². The highest BCUT2D eigenvalue weighted by Crippen LogP contribution is 2.52. The lowest BCUT2D eigenvalue weighted by atomic mass is 9.76. The average Bonchev–Trinajstić information content (AvgIpc) is 2.97. The summed E-state index contributed by atoms with van der Waals surface area (Å²) >= 11 is 7.23. The molecule has 5 heteroatoms. The van der Waals surface area contributed by atoms with Gasteiger partial charge in [0.2, 0.25) is 5.78 Å². The minimum atomic E-state index is -0.705. The standard InChI is InChI=1S/C26H30Br2O3/c1-5-6-12-25(2,3)23(29)24(30)31-14-7-13-26(4)21-15-17(27)8-10-19(21)20-11-9-18(28)16-22(20)26/h8-11,15-16H,5-7,12-14H2,1-4H3. The molecule has 0 aromatic heterocycles. The summed E-state index contributed by atoms with van der Waals surface area (Å²) in [5.41, 5.74) is 4.20. The van der Waals surface area contributed by atoms with Gasteiger partial charge in [0.05, 0.1) is 6.61 Å². The van der Waals surface area contributed by atoms with E-state index in [0.29, 0.717) is 12.8 Å². The second kappa shape index (κ2) is 9.58. The van der Waals surface area contributed by atoms with Gasteiger partial charge in [-0.15, -0.1) is 0 Å². The van der Waals surface area contributed by atoms with Gasteiger partial charge in [0.15, 0.2) is 0 Å². The molecule has 0 amide bonds. The molecule has 0 heterocycles. The number of hydrogen-bond donors (Lipinski definition) is 0. The number of ether oxygens (including phenoxy) is 1. The molecule has 0 saturated carbocycles. The number of hydrogen-bond acceptors (Lipinski definition) is 3. The van der Waals surface area contributed by atoms with Gasteiger partial charge < -0.3 is 4.74 Å². The van der Waals surface area contributed by atoms with E-state index in [1.165, 1.54) is 22.3 Å². The van der Waals surface area contributed by atoms with E-state index in [1.807, 2.05) is 13.8 Å². The molecule has 166 valence electrons. The Morgan fingerprint density at radius 1 is 0.968 bits per heavy atom. The minimum Gasteiger partial charge on any atom is -0.460 e. The monoisotopic (exact) mass is 548 g/mol. The molecular formula is C26H30Br2O3. The van der Waals surface area contributed by atoms with E-state index in [-0.39, 0.29) is 12.0 Å². The molecule has 2 aromatic rings. The zero-order valence-electron chi connectivity index (χ0n) is 18.7. The fourth-order valence-electron chi connectivity index (χ4n) is 4.49. The fourth-order valence-corrected chi connectivity index (χ4v) is 5.22. The van der Waals surface area contributed by atoms with Crippen molar-refractivity contribution < 1.29 is 14.3 Å². The molecule has 0 atom stereocenters. The Hall–Kier alpha value is -1.46. The van der Waals surface area contributed by atoms with Crippen molar-refractivity contribution in [1.29, 1.82) is 0 Å². The van der Waals surface area contributed by atoms with Crippen LogP contribution in [0.4, 0.5) is 0 Å². The molecule has 1 aliphatic rings. The normalized spacial score (nSPS) is 14.1. The molecule has 0 aliphatic heterocycles. The summed E-state index contributed by atoms with van der Waals surface area (Å²) in [5.74, 6) is -1.12. The minimum absolute atomic E-state index is 0.185. The lowest BCUT2D eigenvalue weighted by Gasteiger charge is -2.28. The maximum atomic E-state index is 12.5. The summed E-state index contributed by atoms with van der Waals surface area (Å²) in [6.45, 7) is 8.23. The van der Waals surface area contributed by atoms with Crippen molar-refractivity contribution >= 4 is 43.6 Å². The summed E-state index contributed by atoms with van der Waals surface area (Å²) < 4.78 is 7.49. The lowest BCUT2D eigenvalue weighted by molar-refractivity contribution is -0.158. The van der Waals surface area contributed by atoms with Crippen molar-refractivity contribution in [3.63, 3.8) is 0 Å². The summed E-state index contributed by atoms with van der Waals surface area (Å²) in [7, 11) is 0. The topological polar surface area (TPSA) is 43.4 Å². The lowest BCUT2D eigenvalue weighted by Crippen LogP contribution is -2.33. The largest absolute Gasteiger partial charge is 0.460 e. The highest BCUT2D eigenvalue weighted by molar-refractivity contribution is 9.10. The molecule has 1 aliphatic carbocycles. The maximum Gasteiger partial charge on any atom is 0.375 e. The molecule has 3 rings (SSSR count). The molecule has 0 fully saturated rings. The van der Waals surface area contributed by atoms with Crippen LogP contribution in [-0.2, 0) is 19.7 Å². The molecule has 2 aromatic carbocycles. The first-order valence-electron chi connectivity index (χ1n) is 10.9. The van der Waals surface area contributed by atoms with Crippen LogP contribution in [0.2, 0.25) is 0 Å². The second-order valence-corrected chi connectivity index (χ2v) is 11.1. The third-order valence-corrected chi connectivity index (χ3v) is 7.44. The van der Waals surface area contributed by atoms with Crippen molar-refractivity contribution in [1.82, 2.24) is 0 Å². The van der Waals surface area contributed by atoms with Gasteiger partial charge in [-0.05, 0) is 65.8 Å². The number of halogens is 2. The van der Waals surface area contributed by atoms with Crippen molar-refractivity contribution in [3.05, 3.63) is 56.5 Å². The highest BCUT2D eigenvalue weighted by atomic mass is 79.9. The van der Waals surface area contributed by atoms with Crippen LogP contribution in [0.1, 0.15) is 70.9 Å². The number of Topliss-reactive ketones (excluding diaryl/α,β-unsaturated/α-hetero) is 1. The Labute approximate surface area is 202 Å². The van der Waals surface area contributed by atoms with Crippen LogP contribution in [-0.4, -0.2) is 18.4 Å². The van der Waals surface area contributed by atoms with E-state index in [9.17, 15) is 9.59 Å². The predicted octanol–water partition coefficient (Wildman–Crippen LogP) is 7.61. The Balaban J connectivity index is 1.69. The van der Waals surface area contributed by atoms with E-state index in [0.717, 1.165) is 28.2 Å². The Morgan fingerprint density at radius 3 is 2.03 bits per heavy atom. The fraction of sp³-hybridized carbons (Fsp3) is 0.462. The van der Waals surface area contributed by atoms with Gasteiger partial charge in [-0.3, -0.25) is 4.79 Å². The van der Waals surface area contributed by atoms with Gasteiger partial charge in [0.25, 0.3) is 0 Å². The smallest absolute Gasteiger partial charge is 0.375 e. The third-order valence-electron chi connectivity index (χ3n) is 6.45. The van der Waals surface area contributed by atoms with Crippen LogP contribution < -0.4 is 0 Å². The number of unbranched alkanes of at least 4 members (excludes halogenated alkanes) is 1. The van der Waals surface area contributed by atoms with E-state index >= 15 is 0 Å². The molecule has 0 saturated heterocycles. The quantitative estimate of drug-likeness (QED) is 0.184. The van der Waals surface area contributed by atoms with Gasteiger partial charge in [0, 0.05) is 19.8 Å². The first-order chi connectivity index (χ1) is 14.6. The van der Waals surface area contributed by atoms with Crippen LogP contribution in [0.3, 0.4) is 0 Å².